The van der Waals surface area contributed by atoms with Gasteiger partial charge in [-0.15, -0.1) is 11.6 Å². The predicted molar refractivity (Wildman–Crippen MR) is 50.1 cm³/mol. The minimum absolute atomic E-state index is 0.105. The van der Waals surface area contributed by atoms with Crippen LogP contribution in [0, 0.1) is 0 Å². The van der Waals surface area contributed by atoms with Crippen LogP contribution >= 0.6 is 11.6 Å². The van der Waals surface area contributed by atoms with E-state index in [9.17, 15) is 8.78 Å². The first-order valence-corrected chi connectivity index (χ1v) is 5.27. The van der Waals surface area contributed by atoms with Gasteiger partial charge < -0.3 is 4.52 Å². The van der Waals surface area contributed by atoms with Crippen LogP contribution in [-0.2, 0) is 0 Å². The third kappa shape index (κ3) is 2.27. The van der Waals surface area contributed by atoms with Crippen LogP contribution < -0.4 is 0 Å². The van der Waals surface area contributed by atoms with Crippen molar-refractivity contribution in [2.75, 3.05) is 0 Å². The topological polar surface area (TPSA) is 38.9 Å². The van der Waals surface area contributed by atoms with Crippen molar-refractivity contribution < 1.29 is 13.3 Å². The molecule has 1 fully saturated rings. The van der Waals surface area contributed by atoms with Crippen LogP contribution in [0.2, 0.25) is 0 Å². The lowest BCUT2D eigenvalue weighted by Gasteiger charge is -2.06. The van der Waals surface area contributed by atoms with Crippen LogP contribution in [0.3, 0.4) is 0 Å². The maximum absolute atomic E-state index is 12.9. The standard InChI is InChI=1S/C9H11ClF2N2O/c1-5(10)7-13-8(15-14-7)6-2-3-9(11,12)4-6/h5-6H,2-4H2,1H3. The number of rotatable bonds is 2. The Balaban J connectivity index is 2.11. The van der Waals surface area contributed by atoms with Crippen molar-refractivity contribution in [1.82, 2.24) is 10.1 Å². The summed E-state index contributed by atoms with van der Waals surface area (Å²) in [7, 11) is 0. The molecule has 0 spiro atoms. The van der Waals surface area contributed by atoms with E-state index in [1.165, 1.54) is 0 Å². The average molecular weight is 237 g/mol. The molecule has 2 unspecified atom stereocenters. The number of nitrogens with zero attached hydrogens (tertiary/aromatic N) is 2. The lowest BCUT2D eigenvalue weighted by molar-refractivity contribution is 0.00690. The predicted octanol–water partition coefficient (Wildman–Crippen LogP) is 3.27. The van der Waals surface area contributed by atoms with Gasteiger partial charge in [-0.2, -0.15) is 4.98 Å². The van der Waals surface area contributed by atoms with E-state index in [1.807, 2.05) is 0 Å². The average Bonchev–Trinajstić information content (AvgIpc) is 2.70. The minimum atomic E-state index is -2.59. The molecule has 0 aliphatic heterocycles. The van der Waals surface area contributed by atoms with E-state index in [2.05, 4.69) is 10.1 Å². The van der Waals surface area contributed by atoms with Gasteiger partial charge in [0.15, 0.2) is 5.82 Å². The number of hydrogen-bond donors (Lipinski definition) is 0. The molecule has 1 aliphatic rings. The molecule has 84 valence electrons. The monoisotopic (exact) mass is 236 g/mol. The van der Waals surface area contributed by atoms with Crippen molar-refractivity contribution >= 4 is 11.6 Å². The fourth-order valence-electron chi connectivity index (χ4n) is 1.74. The van der Waals surface area contributed by atoms with Crippen LogP contribution in [0.15, 0.2) is 4.52 Å². The van der Waals surface area contributed by atoms with Gasteiger partial charge in [0.1, 0.15) is 0 Å². The summed E-state index contributed by atoms with van der Waals surface area (Å²) in [5.41, 5.74) is 0. The molecule has 2 atom stereocenters. The second kappa shape index (κ2) is 3.70. The van der Waals surface area contributed by atoms with E-state index in [4.69, 9.17) is 16.1 Å². The van der Waals surface area contributed by atoms with Crippen molar-refractivity contribution in [1.29, 1.82) is 0 Å². The molecule has 0 saturated heterocycles. The van der Waals surface area contributed by atoms with E-state index in [-0.39, 0.29) is 30.0 Å². The second-order valence-electron chi connectivity index (χ2n) is 3.90. The van der Waals surface area contributed by atoms with Crippen LogP contribution in [0.25, 0.3) is 0 Å². The first kappa shape index (κ1) is 10.8. The van der Waals surface area contributed by atoms with Crippen LogP contribution in [0.4, 0.5) is 8.78 Å². The van der Waals surface area contributed by atoms with Crippen molar-refractivity contribution in [3.8, 4) is 0 Å². The highest BCUT2D eigenvalue weighted by Crippen LogP contribution is 2.43. The molecular formula is C9H11ClF2N2O. The van der Waals surface area contributed by atoms with Gasteiger partial charge in [0.05, 0.1) is 5.38 Å². The van der Waals surface area contributed by atoms with Crippen LogP contribution in [0.1, 0.15) is 49.2 Å². The summed E-state index contributed by atoms with van der Waals surface area (Å²) < 4.78 is 30.8. The highest BCUT2D eigenvalue weighted by Gasteiger charge is 2.42. The fraction of sp³-hybridized carbons (Fsp3) is 0.778. The quantitative estimate of drug-likeness (QED) is 0.740. The first-order chi connectivity index (χ1) is 6.98. The summed E-state index contributed by atoms with van der Waals surface area (Å²) in [5.74, 6) is -2.26. The van der Waals surface area contributed by atoms with Crippen molar-refractivity contribution in [3.05, 3.63) is 11.7 Å². The molecule has 0 aromatic carbocycles. The van der Waals surface area contributed by atoms with Gasteiger partial charge in [-0.3, -0.25) is 0 Å². The van der Waals surface area contributed by atoms with E-state index >= 15 is 0 Å². The summed E-state index contributed by atoms with van der Waals surface area (Å²) in [5, 5.41) is 3.29. The Morgan fingerprint density at radius 1 is 1.60 bits per heavy atom. The number of alkyl halides is 3. The molecule has 6 heteroatoms. The normalized spacial score (nSPS) is 26.8. The zero-order chi connectivity index (χ0) is 11.1. The minimum Gasteiger partial charge on any atom is -0.339 e. The number of hydrogen-bond acceptors (Lipinski definition) is 3. The summed E-state index contributed by atoms with van der Waals surface area (Å²) in [6.45, 7) is 1.71. The van der Waals surface area contributed by atoms with Crippen molar-refractivity contribution in [3.63, 3.8) is 0 Å². The lowest BCUT2D eigenvalue weighted by Crippen LogP contribution is -2.09. The third-order valence-electron chi connectivity index (χ3n) is 2.57. The maximum Gasteiger partial charge on any atom is 0.248 e. The Morgan fingerprint density at radius 3 is 2.80 bits per heavy atom. The smallest absolute Gasteiger partial charge is 0.248 e. The summed E-state index contributed by atoms with van der Waals surface area (Å²) >= 11 is 5.75. The van der Waals surface area contributed by atoms with Crippen LogP contribution in [0.5, 0.6) is 0 Å². The Morgan fingerprint density at radius 2 is 2.33 bits per heavy atom. The van der Waals surface area contributed by atoms with E-state index in [0.717, 1.165) is 0 Å². The maximum atomic E-state index is 12.9. The third-order valence-corrected chi connectivity index (χ3v) is 2.76. The van der Waals surface area contributed by atoms with Gasteiger partial charge in [-0.05, 0) is 13.3 Å². The zero-order valence-electron chi connectivity index (χ0n) is 8.21. The summed E-state index contributed by atoms with van der Waals surface area (Å²) in [6.07, 6.45) is 0.0857. The Bertz CT molecular complexity index is 354. The molecule has 2 rings (SSSR count). The van der Waals surface area contributed by atoms with Gasteiger partial charge in [0, 0.05) is 18.8 Å². The van der Waals surface area contributed by atoms with E-state index in [0.29, 0.717) is 12.2 Å². The lowest BCUT2D eigenvalue weighted by atomic mass is 10.1. The molecular weight excluding hydrogens is 226 g/mol. The summed E-state index contributed by atoms with van der Waals surface area (Å²) in [6, 6.07) is 0. The SMILES string of the molecule is CC(Cl)c1noc(C2CCC(F)(F)C2)n1. The molecule has 1 aromatic rings. The second-order valence-corrected chi connectivity index (χ2v) is 4.56. The number of halogens is 3. The van der Waals surface area contributed by atoms with Gasteiger partial charge in [0.25, 0.3) is 0 Å². The molecule has 1 aliphatic carbocycles. The summed E-state index contributed by atoms with van der Waals surface area (Å²) in [4.78, 5) is 4.01. The largest absolute Gasteiger partial charge is 0.339 e. The van der Waals surface area contributed by atoms with E-state index < -0.39 is 5.92 Å². The highest BCUT2D eigenvalue weighted by molar-refractivity contribution is 6.20. The Hall–Kier alpha value is -0.710. The Labute approximate surface area is 90.8 Å². The molecule has 3 nitrogen and oxygen atoms in total. The van der Waals surface area contributed by atoms with Gasteiger partial charge >= 0.3 is 0 Å². The van der Waals surface area contributed by atoms with Crippen molar-refractivity contribution in [2.45, 2.75) is 43.4 Å². The molecule has 0 radical (unpaired) electrons. The van der Waals surface area contributed by atoms with Gasteiger partial charge in [-0.1, -0.05) is 5.16 Å². The number of aromatic nitrogens is 2. The van der Waals surface area contributed by atoms with Gasteiger partial charge in [-0.25, -0.2) is 8.78 Å². The molecule has 15 heavy (non-hydrogen) atoms. The molecule has 1 aromatic heterocycles. The molecule has 0 N–H and O–H groups in total. The fourth-order valence-corrected chi connectivity index (χ4v) is 1.82. The zero-order valence-corrected chi connectivity index (χ0v) is 8.97. The molecule has 1 saturated carbocycles. The van der Waals surface area contributed by atoms with Crippen molar-refractivity contribution in [2.24, 2.45) is 0 Å². The van der Waals surface area contributed by atoms with Crippen LogP contribution in [-0.4, -0.2) is 16.1 Å². The first-order valence-electron chi connectivity index (χ1n) is 4.83. The van der Waals surface area contributed by atoms with Gasteiger partial charge in [0.2, 0.25) is 11.8 Å². The molecule has 0 amide bonds. The van der Waals surface area contributed by atoms with E-state index in [1.54, 1.807) is 6.92 Å². The Kier molecular flexibility index (Phi) is 2.66. The highest BCUT2D eigenvalue weighted by atomic mass is 35.5. The molecule has 1 heterocycles. The molecule has 0 bridgehead atoms.